The Bertz CT molecular complexity index is 2460. The van der Waals surface area contributed by atoms with Gasteiger partial charge in [0.25, 0.3) is 0 Å². The summed E-state index contributed by atoms with van der Waals surface area (Å²) in [6.45, 7) is 19.2. The first-order valence-corrected chi connectivity index (χ1v) is 30.2. The van der Waals surface area contributed by atoms with Gasteiger partial charge in [-0.1, -0.05) is 38.3 Å². The van der Waals surface area contributed by atoms with E-state index in [1.807, 2.05) is 6.92 Å². The van der Waals surface area contributed by atoms with Crippen LogP contribution in [-0.2, 0) is 81.3 Å². The molecule has 0 amide bonds. The van der Waals surface area contributed by atoms with Crippen LogP contribution in [0, 0.1) is 5.92 Å². The first kappa shape index (κ1) is 63.0. The summed E-state index contributed by atoms with van der Waals surface area (Å²) in [6, 6.07) is 0. The van der Waals surface area contributed by atoms with E-state index in [1.165, 1.54) is 0 Å². The van der Waals surface area contributed by atoms with Crippen LogP contribution in [0.25, 0.3) is 0 Å². The van der Waals surface area contributed by atoms with Crippen LogP contribution in [0.5, 0.6) is 0 Å². The van der Waals surface area contributed by atoms with Crippen LogP contribution in [0.3, 0.4) is 0 Å². The molecule has 11 fully saturated rings. The van der Waals surface area contributed by atoms with E-state index < -0.39 is 123 Å². The van der Waals surface area contributed by atoms with E-state index in [1.54, 1.807) is 32.1 Å². The van der Waals surface area contributed by atoms with Gasteiger partial charge >= 0.3 is 59.1 Å². The van der Waals surface area contributed by atoms with E-state index in [0.29, 0.717) is 63.4 Å². The van der Waals surface area contributed by atoms with E-state index in [9.17, 15) is 36.2 Å². The summed E-state index contributed by atoms with van der Waals surface area (Å²) < 4.78 is 154. The summed E-state index contributed by atoms with van der Waals surface area (Å²) in [7, 11) is -10.1. The van der Waals surface area contributed by atoms with E-state index in [-0.39, 0.29) is 139 Å². The van der Waals surface area contributed by atoms with Crippen molar-refractivity contribution in [2.24, 2.45) is 5.92 Å². The van der Waals surface area contributed by atoms with Crippen molar-refractivity contribution in [2.45, 2.75) is 282 Å². The number of rotatable bonds is 10. The third-order valence-electron chi connectivity index (χ3n) is 19.3. The fraction of sp³-hybridized carbons (Fsp3) is 0.887. The number of fused-ring (bicyclic) bond motifs is 10. The van der Waals surface area contributed by atoms with Crippen molar-refractivity contribution in [2.75, 3.05) is 6.61 Å². The Hall–Kier alpha value is 0.440. The molecule has 0 saturated carbocycles. The van der Waals surface area contributed by atoms with Gasteiger partial charge in [0.05, 0.1) is 121 Å². The van der Waals surface area contributed by atoms with E-state index in [4.69, 9.17) is 56.3 Å². The molecule has 25 heteroatoms. The van der Waals surface area contributed by atoms with Crippen LogP contribution in [0.4, 0.5) is 0 Å². The van der Waals surface area contributed by atoms with Gasteiger partial charge < -0.3 is 71.4 Å². The molecule has 2 N–H and O–H groups in total. The molecule has 0 aromatic carbocycles. The summed E-state index contributed by atoms with van der Waals surface area (Å²) in [5.41, 5.74) is -4.35. The van der Waals surface area contributed by atoms with Crippen molar-refractivity contribution < 1.29 is 156 Å². The number of aliphatic hydroxyl groups is 2. The molecule has 0 radical (unpaired) electrons. The zero-order valence-corrected chi connectivity index (χ0v) is 52.0. The molecule has 78 heavy (non-hydrogen) atoms. The maximum Gasteiger partial charge on any atom is 1.00 e. The monoisotopic (exact) mass is 1160 g/mol. The molecule has 21 nitrogen and oxygen atoms in total. The largest absolute Gasteiger partial charge is 1.00 e. The van der Waals surface area contributed by atoms with Crippen molar-refractivity contribution >= 4 is 20.8 Å². The molecular formula is C53H78Na2O21S2. The Morgan fingerprint density at radius 1 is 0.679 bits per heavy atom. The van der Waals surface area contributed by atoms with E-state index in [2.05, 4.69) is 38.1 Å². The summed E-state index contributed by atoms with van der Waals surface area (Å²) in [4.78, 5) is 0. The second kappa shape index (κ2) is 23.3. The summed E-state index contributed by atoms with van der Waals surface area (Å²) in [5, 5.41) is 23.6. The smallest absolute Gasteiger partial charge is 0.726 e. The molecule has 11 aliphatic rings. The van der Waals surface area contributed by atoms with Crippen LogP contribution >= 0.6 is 0 Å². The third-order valence-corrected chi connectivity index (χ3v) is 20.3. The third kappa shape index (κ3) is 12.4. The van der Waals surface area contributed by atoms with Crippen molar-refractivity contribution in [3.63, 3.8) is 0 Å². The summed E-state index contributed by atoms with van der Waals surface area (Å²) in [6.07, 6.45) is 1.39. The molecule has 26 atom stereocenters. The van der Waals surface area contributed by atoms with Gasteiger partial charge in [-0.3, -0.25) is 8.37 Å². The van der Waals surface area contributed by atoms with Gasteiger partial charge in [0.2, 0.25) is 20.8 Å². The molecule has 11 heterocycles. The normalized spacial score (nSPS) is 50.7. The minimum absolute atomic E-state index is 0. The average Bonchev–Trinajstić information content (AvgIpc) is 3.63. The summed E-state index contributed by atoms with van der Waals surface area (Å²) in [5.74, 6) is 0.0715. The van der Waals surface area contributed by atoms with Crippen LogP contribution in [0.2, 0.25) is 0 Å². The minimum Gasteiger partial charge on any atom is -0.726 e. The molecule has 11 saturated heterocycles. The van der Waals surface area contributed by atoms with Crippen LogP contribution in [-0.4, -0.2) is 193 Å². The quantitative estimate of drug-likeness (QED) is 0.0588. The second-order valence-corrected chi connectivity index (χ2v) is 27.0. The van der Waals surface area contributed by atoms with Crippen molar-refractivity contribution in [1.82, 2.24) is 0 Å². The van der Waals surface area contributed by atoms with E-state index in [0.717, 1.165) is 12.8 Å². The van der Waals surface area contributed by atoms with Gasteiger partial charge in [0, 0.05) is 44.9 Å². The predicted octanol–water partition coefficient (Wildman–Crippen LogP) is -2.17. The number of allylic oxidation sites excluding steroid dienone is 2. The molecule has 430 valence electrons. The Labute approximate surface area is 503 Å². The number of ether oxygens (including phenoxy) is 11. The van der Waals surface area contributed by atoms with Crippen LogP contribution in [0.1, 0.15) is 131 Å². The SMILES string of the molecule is C=C/C=C/[C@@](C)(O)[C@H]1O[C@@H]2C[C@@H]3O[C@@H]4C[C@@H]5O[C@@H]6C[C@@H]7O[C@@H]8C[C@@H]9O[C@@H]%10C[C@@H]%11O[C@](C)(CCCOS(=O)(=O)[O-])[C@@H](OS(=O)(=O)[O-])C[C@H]%11O[C@H]%10C[C@H]9O[C@H]8CC[C@@]7(C)O[C@@]6(C)CC[C@H](C)[C@H]5O[C@H]4[C@@H](O)[C@@]3(C)O[C@H]2CC1=C.[Na+].[Na+]. The van der Waals surface area contributed by atoms with Crippen molar-refractivity contribution in [1.29, 1.82) is 0 Å². The van der Waals surface area contributed by atoms with Gasteiger partial charge in [-0.15, -0.1) is 0 Å². The molecule has 11 aliphatic heterocycles. The maximum atomic E-state index is 12.3. The average molecular weight is 1160 g/mol. The molecule has 0 bridgehead atoms. The topological polar surface area (TPSA) is 275 Å². The number of aliphatic hydroxyl groups excluding tert-OH is 1. The van der Waals surface area contributed by atoms with Crippen molar-refractivity contribution in [3.05, 3.63) is 37.0 Å². The molecule has 0 aromatic rings. The minimum atomic E-state index is -5.16. The first-order valence-electron chi connectivity index (χ1n) is 27.6. The predicted molar refractivity (Wildman–Crippen MR) is 263 cm³/mol. The Kier molecular flexibility index (Phi) is 18.8. The molecule has 0 aliphatic carbocycles. The fourth-order valence-electron chi connectivity index (χ4n) is 15.2. The van der Waals surface area contributed by atoms with Gasteiger partial charge in [-0.05, 0) is 91.1 Å². The Morgan fingerprint density at radius 2 is 1.23 bits per heavy atom. The first-order chi connectivity index (χ1) is 35.6. The van der Waals surface area contributed by atoms with Gasteiger partial charge in [0.1, 0.15) is 35.6 Å². The van der Waals surface area contributed by atoms with Gasteiger partial charge in [-0.25, -0.2) is 16.8 Å². The standard InChI is InChI=1S/C53H80O21S2.2Na/c1-9-10-14-49(4,55)48-28(3)19-37-36(69-48)25-44-53(8,72-37)47(54)46-40(68-44)23-39-45(70-46)27(2)12-16-51(6)42(67-39)26-41-52(7,74-51)17-13-29-30(66-41)20-32-31(63-29)21-33-34(64-32)22-38-35(65-33)24-43(73-76(59,60)61)50(5,71-38)15-11-18-62-75(56,57)58;;/h9-10,14,27,29-48,54-55H,1,3,11-13,15-26H2,2,4-8H3,(H,56,57,58)(H,59,60,61);;/q;2*+1/p-2/b14-10+;;/t27-,29-,30+,31+,32-,33-,34+,35+,36+,37-,38-,39-,40+,41-,42+,43-,44-,45+,46+,47+,48-,49+,50+,51-,52+,53-;;/m0../s1. The Morgan fingerprint density at radius 3 is 1.87 bits per heavy atom. The number of hydrogen-bond acceptors (Lipinski definition) is 21. The molecule has 0 unspecified atom stereocenters. The van der Waals surface area contributed by atoms with Gasteiger partial charge in [-0.2, -0.15) is 0 Å². The zero-order chi connectivity index (χ0) is 54.1. The fourth-order valence-corrected chi connectivity index (χ4v) is 16.1. The second-order valence-electron chi connectivity index (χ2n) is 24.9. The molecule has 11 rings (SSSR count). The van der Waals surface area contributed by atoms with E-state index >= 15 is 0 Å². The molecule has 0 aromatic heterocycles. The Balaban J connectivity index is 0.00000370. The molecular weight excluding hydrogens is 1080 g/mol. The number of hydrogen-bond donors (Lipinski definition) is 2. The maximum absolute atomic E-state index is 12.3. The van der Waals surface area contributed by atoms with Crippen LogP contribution in [0.15, 0.2) is 37.0 Å². The van der Waals surface area contributed by atoms with Gasteiger partial charge in [0.15, 0.2) is 0 Å². The van der Waals surface area contributed by atoms with Crippen LogP contribution < -0.4 is 59.1 Å². The summed E-state index contributed by atoms with van der Waals surface area (Å²) >= 11 is 0. The zero-order valence-electron chi connectivity index (χ0n) is 46.3. The molecule has 0 spiro atoms. The van der Waals surface area contributed by atoms with Crippen molar-refractivity contribution in [3.8, 4) is 0 Å².